The molecule has 0 atom stereocenters. The third-order valence-electron chi connectivity index (χ3n) is 2.96. The van der Waals surface area contributed by atoms with Crippen LogP contribution >= 0.6 is 0 Å². The van der Waals surface area contributed by atoms with Crippen molar-refractivity contribution in [3.8, 4) is 11.5 Å². The molecule has 0 aliphatic rings. The number of carbonyl (C=O) groups excluding carboxylic acids is 1. The molecule has 0 saturated carbocycles. The van der Waals surface area contributed by atoms with E-state index in [1.165, 1.54) is 7.11 Å². The SMILES string of the molecule is COc1ccc(C(=O)Nc2ccc(C)cc2)c(OC)c1. The summed E-state index contributed by atoms with van der Waals surface area (Å²) in [7, 11) is 3.10. The highest BCUT2D eigenvalue weighted by atomic mass is 16.5. The van der Waals surface area contributed by atoms with Crippen LogP contribution in [-0.4, -0.2) is 20.1 Å². The molecule has 2 aromatic carbocycles. The van der Waals surface area contributed by atoms with Crippen molar-refractivity contribution in [2.45, 2.75) is 6.92 Å². The van der Waals surface area contributed by atoms with Crippen LogP contribution in [0.1, 0.15) is 15.9 Å². The quantitative estimate of drug-likeness (QED) is 0.928. The van der Waals surface area contributed by atoms with E-state index in [-0.39, 0.29) is 5.91 Å². The molecule has 1 N–H and O–H groups in total. The zero-order chi connectivity index (χ0) is 14.5. The fourth-order valence-electron chi connectivity index (χ4n) is 1.82. The summed E-state index contributed by atoms with van der Waals surface area (Å²) in [4.78, 5) is 12.2. The van der Waals surface area contributed by atoms with Gasteiger partial charge in [-0.2, -0.15) is 0 Å². The molecule has 2 aromatic rings. The molecule has 0 unspecified atom stereocenters. The van der Waals surface area contributed by atoms with E-state index in [0.717, 1.165) is 11.3 Å². The lowest BCUT2D eigenvalue weighted by atomic mass is 10.1. The van der Waals surface area contributed by atoms with E-state index in [9.17, 15) is 4.79 Å². The van der Waals surface area contributed by atoms with E-state index in [4.69, 9.17) is 9.47 Å². The minimum absolute atomic E-state index is 0.214. The van der Waals surface area contributed by atoms with Gasteiger partial charge < -0.3 is 14.8 Å². The number of methoxy groups -OCH3 is 2. The number of ether oxygens (including phenoxy) is 2. The van der Waals surface area contributed by atoms with Crippen molar-refractivity contribution < 1.29 is 14.3 Å². The average Bonchev–Trinajstić information content (AvgIpc) is 2.48. The highest BCUT2D eigenvalue weighted by Crippen LogP contribution is 2.25. The minimum atomic E-state index is -0.214. The summed E-state index contributed by atoms with van der Waals surface area (Å²) in [6, 6.07) is 12.7. The molecule has 0 aliphatic heterocycles. The molecule has 0 saturated heterocycles. The number of anilines is 1. The topological polar surface area (TPSA) is 47.6 Å². The fourth-order valence-corrected chi connectivity index (χ4v) is 1.82. The molecule has 104 valence electrons. The number of carbonyl (C=O) groups is 1. The van der Waals surface area contributed by atoms with Gasteiger partial charge in [-0.3, -0.25) is 4.79 Å². The predicted molar refractivity (Wildman–Crippen MR) is 78.7 cm³/mol. The molecular formula is C16H17NO3. The summed E-state index contributed by atoms with van der Waals surface area (Å²) in [5.74, 6) is 0.913. The van der Waals surface area contributed by atoms with E-state index < -0.39 is 0 Å². The maximum atomic E-state index is 12.2. The molecular weight excluding hydrogens is 254 g/mol. The maximum absolute atomic E-state index is 12.2. The largest absolute Gasteiger partial charge is 0.497 e. The Morgan fingerprint density at radius 2 is 1.70 bits per heavy atom. The summed E-state index contributed by atoms with van der Waals surface area (Å²) in [6.45, 7) is 2.00. The van der Waals surface area contributed by atoms with Crippen LogP contribution in [0.25, 0.3) is 0 Å². The second-order valence-corrected chi connectivity index (χ2v) is 4.39. The fraction of sp³-hybridized carbons (Fsp3) is 0.188. The molecule has 4 nitrogen and oxygen atoms in total. The van der Waals surface area contributed by atoms with Gasteiger partial charge in [0.25, 0.3) is 5.91 Å². The van der Waals surface area contributed by atoms with Gasteiger partial charge in [0, 0.05) is 11.8 Å². The number of hydrogen-bond donors (Lipinski definition) is 1. The Bertz CT molecular complexity index is 606. The summed E-state index contributed by atoms with van der Waals surface area (Å²) in [5, 5.41) is 2.84. The van der Waals surface area contributed by atoms with E-state index in [0.29, 0.717) is 17.1 Å². The van der Waals surface area contributed by atoms with E-state index in [1.54, 1.807) is 25.3 Å². The molecule has 0 aromatic heterocycles. The highest BCUT2D eigenvalue weighted by molar-refractivity contribution is 6.06. The van der Waals surface area contributed by atoms with Crippen LogP contribution in [0.2, 0.25) is 0 Å². The first kappa shape index (κ1) is 13.9. The van der Waals surface area contributed by atoms with Gasteiger partial charge in [0.05, 0.1) is 19.8 Å². The minimum Gasteiger partial charge on any atom is -0.497 e. The molecule has 2 rings (SSSR count). The molecule has 0 aliphatic carbocycles. The van der Waals surface area contributed by atoms with Crippen molar-refractivity contribution in [3.05, 3.63) is 53.6 Å². The average molecular weight is 271 g/mol. The number of benzene rings is 2. The number of aryl methyl sites for hydroxylation is 1. The van der Waals surface area contributed by atoms with Gasteiger partial charge in [0.1, 0.15) is 11.5 Å². The summed E-state index contributed by atoms with van der Waals surface area (Å²) in [6.07, 6.45) is 0. The van der Waals surface area contributed by atoms with Crippen molar-refractivity contribution in [1.82, 2.24) is 0 Å². The Kier molecular flexibility index (Phi) is 4.25. The van der Waals surface area contributed by atoms with Crippen LogP contribution in [-0.2, 0) is 0 Å². The lowest BCUT2D eigenvalue weighted by molar-refractivity contribution is 0.102. The number of amides is 1. The van der Waals surface area contributed by atoms with E-state index in [2.05, 4.69) is 5.32 Å². The second kappa shape index (κ2) is 6.10. The molecule has 4 heteroatoms. The van der Waals surface area contributed by atoms with Crippen LogP contribution in [0.5, 0.6) is 11.5 Å². The van der Waals surface area contributed by atoms with Crippen LogP contribution in [0.4, 0.5) is 5.69 Å². The smallest absolute Gasteiger partial charge is 0.259 e. The zero-order valence-electron chi connectivity index (χ0n) is 11.8. The van der Waals surface area contributed by atoms with Crippen molar-refractivity contribution in [2.75, 3.05) is 19.5 Å². The lowest BCUT2D eigenvalue weighted by Gasteiger charge is -2.11. The van der Waals surface area contributed by atoms with Gasteiger partial charge in [-0.25, -0.2) is 0 Å². The Morgan fingerprint density at radius 1 is 1.00 bits per heavy atom. The number of hydrogen-bond acceptors (Lipinski definition) is 3. The molecule has 0 spiro atoms. The first-order valence-electron chi connectivity index (χ1n) is 6.24. The summed E-state index contributed by atoms with van der Waals surface area (Å²) in [5.41, 5.74) is 2.36. The molecule has 0 fully saturated rings. The summed E-state index contributed by atoms with van der Waals surface area (Å²) >= 11 is 0. The van der Waals surface area contributed by atoms with E-state index in [1.807, 2.05) is 31.2 Å². The van der Waals surface area contributed by atoms with Gasteiger partial charge in [0.15, 0.2) is 0 Å². The zero-order valence-corrected chi connectivity index (χ0v) is 11.8. The van der Waals surface area contributed by atoms with Crippen LogP contribution in [0.3, 0.4) is 0 Å². The molecule has 20 heavy (non-hydrogen) atoms. The van der Waals surface area contributed by atoms with Crippen molar-refractivity contribution in [3.63, 3.8) is 0 Å². The van der Waals surface area contributed by atoms with Gasteiger partial charge >= 0.3 is 0 Å². The van der Waals surface area contributed by atoms with Crippen LogP contribution in [0, 0.1) is 6.92 Å². The van der Waals surface area contributed by atoms with E-state index >= 15 is 0 Å². The van der Waals surface area contributed by atoms with Crippen molar-refractivity contribution in [2.24, 2.45) is 0 Å². The maximum Gasteiger partial charge on any atom is 0.259 e. The first-order chi connectivity index (χ1) is 9.63. The number of rotatable bonds is 4. The Balaban J connectivity index is 2.22. The number of nitrogens with one attached hydrogen (secondary N) is 1. The Hall–Kier alpha value is -2.49. The lowest BCUT2D eigenvalue weighted by Crippen LogP contribution is -2.13. The molecule has 0 heterocycles. The third-order valence-corrected chi connectivity index (χ3v) is 2.96. The Labute approximate surface area is 118 Å². The first-order valence-corrected chi connectivity index (χ1v) is 6.24. The van der Waals surface area contributed by atoms with Crippen molar-refractivity contribution in [1.29, 1.82) is 0 Å². The molecule has 1 amide bonds. The van der Waals surface area contributed by atoms with Gasteiger partial charge in [-0.05, 0) is 31.2 Å². The van der Waals surface area contributed by atoms with Gasteiger partial charge in [-0.1, -0.05) is 17.7 Å². The standard InChI is InChI=1S/C16H17NO3/c1-11-4-6-12(7-5-11)17-16(18)14-9-8-13(19-2)10-15(14)20-3/h4-10H,1-3H3,(H,17,18). The molecule has 0 radical (unpaired) electrons. The second-order valence-electron chi connectivity index (χ2n) is 4.39. The van der Waals surface area contributed by atoms with Crippen LogP contribution < -0.4 is 14.8 Å². The van der Waals surface area contributed by atoms with Gasteiger partial charge in [0.2, 0.25) is 0 Å². The normalized spacial score (nSPS) is 9.95. The third kappa shape index (κ3) is 3.09. The highest BCUT2D eigenvalue weighted by Gasteiger charge is 2.13. The van der Waals surface area contributed by atoms with Crippen molar-refractivity contribution >= 4 is 11.6 Å². The monoisotopic (exact) mass is 271 g/mol. The Morgan fingerprint density at radius 3 is 2.30 bits per heavy atom. The van der Waals surface area contributed by atoms with Gasteiger partial charge in [-0.15, -0.1) is 0 Å². The molecule has 0 bridgehead atoms. The summed E-state index contributed by atoms with van der Waals surface area (Å²) < 4.78 is 10.3. The van der Waals surface area contributed by atoms with Crippen LogP contribution in [0.15, 0.2) is 42.5 Å². The predicted octanol–water partition coefficient (Wildman–Crippen LogP) is 3.26.